The number of carboxylic acids is 2. The van der Waals surface area contributed by atoms with Crippen molar-refractivity contribution in [3.8, 4) is 11.1 Å². The van der Waals surface area contributed by atoms with Crippen LogP contribution in [0.5, 0.6) is 0 Å². The topological polar surface area (TPSA) is 133 Å². The van der Waals surface area contributed by atoms with Gasteiger partial charge in [0.15, 0.2) is 0 Å². The van der Waals surface area contributed by atoms with Gasteiger partial charge in [-0.25, -0.2) is 9.59 Å². The van der Waals surface area contributed by atoms with Crippen LogP contribution in [-0.4, -0.2) is 32.6 Å². The monoisotopic (exact) mass is 374 g/mol. The molecular formula is C14H9F3N2O5S. The number of carbonyl (C=O) groups is 2. The van der Waals surface area contributed by atoms with E-state index in [-0.39, 0.29) is 10.5 Å². The Bertz CT molecular complexity index is 906. The number of carboxylic acid groups (broad SMARTS) is 2. The smallest absolute Gasteiger partial charge is 0.446 e. The van der Waals surface area contributed by atoms with Gasteiger partial charge in [-0.05, 0) is 29.5 Å². The first kappa shape index (κ1) is 18.4. The Morgan fingerprint density at radius 1 is 1.04 bits per heavy atom. The second-order valence-corrected chi connectivity index (χ2v) is 5.81. The number of thioether (sulfide) groups is 1. The zero-order valence-corrected chi connectivity index (χ0v) is 12.9. The summed E-state index contributed by atoms with van der Waals surface area (Å²) in [5, 5.41) is 18.5. The number of rotatable bonds is 4. The van der Waals surface area contributed by atoms with Crippen LogP contribution in [0.4, 0.5) is 19.0 Å². The summed E-state index contributed by atoms with van der Waals surface area (Å²) in [5.41, 5.74) is -2.27. The molecule has 0 saturated carbocycles. The van der Waals surface area contributed by atoms with Crippen molar-refractivity contribution in [3.05, 3.63) is 45.7 Å². The van der Waals surface area contributed by atoms with Gasteiger partial charge in [0.05, 0.1) is 0 Å². The first-order valence-corrected chi connectivity index (χ1v) is 7.21. The van der Waals surface area contributed by atoms with Gasteiger partial charge >= 0.3 is 17.4 Å². The molecule has 132 valence electrons. The number of nitrogens with one attached hydrogen (secondary N) is 1. The summed E-state index contributed by atoms with van der Waals surface area (Å²) in [6.45, 7) is 0. The minimum atomic E-state index is -4.52. The van der Waals surface area contributed by atoms with Crippen LogP contribution in [-0.2, 0) is 0 Å². The number of aromatic carboxylic acids is 2. The lowest BCUT2D eigenvalue weighted by atomic mass is 9.95. The number of anilines is 1. The summed E-state index contributed by atoms with van der Waals surface area (Å²) < 4.78 is 37.1. The van der Waals surface area contributed by atoms with E-state index in [1.54, 1.807) is 0 Å². The Kier molecular flexibility index (Phi) is 4.79. The molecule has 0 fully saturated rings. The van der Waals surface area contributed by atoms with E-state index in [1.807, 2.05) is 4.98 Å². The molecule has 0 aliphatic heterocycles. The molecule has 0 aliphatic carbocycles. The van der Waals surface area contributed by atoms with E-state index >= 15 is 0 Å². The van der Waals surface area contributed by atoms with Crippen LogP contribution >= 0.6 is 11.8 Å². The molecule has 0 bridgehead atoms. The van der Waals surface area contributed by atoms with Gasteiger partial charge in [0.1, 0.15) is 16.9 Å². The van der Waals surface area contributed by atoms with Crippen LogP contribution in [0.1, 0.15) is 20.7 Å². The van der Waals surface area contributed by atoms with E-state index in [1.165, 1.54) is 0 Å². The van der Waals surface area contributed by atoms with Crippen LogP contribution in [0.15, 0.2) is 34.0 Å². The van der Waals surface area contributed by atoms with Crippen LogP contribution in [0.3, 0.4) is 0 Å². The Hall–Kier alpha value is -2.95. The van der Waals surface area contributed by atoms with Gasteiger partial charge in [0.2, 0.25) is 0 Å². The van der Waals surface area contributed by atoms with Gasteiger partial charge < -0.3 is 20.9 Å². The Morgan fingerprint density at radius 3 is 2.00 bits per heavy atom. The molecule has 2 rings (SSSR count). The largest absolute Gasteiger partial charge is 0.478 e. The lowest BCUT2D eigenvalue weighted by Crippen LogP contribution is -2.24. The Balaban J connectivity index is 2.71. The Morgan fingerprint density at radius 2 is 1.56 bits per heavy atom. The van der Waals surface area contributed by atoms with Gasteiger partial charge in [-0.1, -0.05) is 12.1 Å². The second-order valence-electron chi connectivity index (χ2n) is 4.68. The van der Waals surface area contributed by atoms with Crippen molar-refractivity contribution in [1.82, 2.24) is 4.98 Å². The summed E-state index contributed by atoms with van der Waals surface area (Å²) in [6.07, 6.45) is 0. The number of benzene rings is 1. The number of hydrogen-bond acceptors (Lipinski definition) is 5. The zero-order chi connectivity index (χ0) is 18.9. The average Bonchev–Trinajstić information content (AvgIpc) is 2.44. The second kappa shape index (κ2) is 6.51. The van der Waals surface area contributed by atoms with Gasteiger partial charge in [0.25, 0.3) is 5.56 Å². The van der Waals surface area contributed by atoms with Crippen LogP contribution < -0.4 is 11.3 Å². The third-order valence-electron chi connectivity index (χ3n) is 3.05. The molecule has 0 atom stereocenters. The van der Waals surface area contributed by atoms with Gasteiger partial charge in [0, 0.05) is 10.5 Å². The average molecular weight is 374 g/mol. The quantitative estimate of drug-likeness (QED) is 0.605. The maximum atomic E-state index is 12.4. The first-order valence-electron chi connectivity index (χ1n) is 6.39. The van der Waals surface area contributed by atoms with E-state index in [0.717, 1.165) is 24.3 Å². The van der Waals surface area contributed by atoms with Gasteiger partial charge in [-0.3, -0.25) is 4.79 Å². The minimum absolute atomic E-state index is 0.0703. The molecule has 0 amide bonds. The molecule has 0 aliphatic rings. The molecule has 0 spiro atoms. The van der Waals surface area contributed by atoms with Crippen LogP contribution in [0.2, 0.25) is 0 Å². The van der Waals surface area contributed by atoms with Crippen molar-refractivity contribution < 1.29 is 33.0 Å². The number of hydrogen-bond donors (Lipinski definition) is 4. The van der Waals surface area contributed by atoms with E-state index in [0.29, 0.717) is 0 Å². The third kappa shape index (κ3) is 3.94. The van der Waals surface area contributed by atoms with E-state index < -0.39 is 57.3 Å². The SMILES string of the molecule is Nc1[nH]c(=O)c(C(=O)O)c(-c2ccc(SC(F)(F)F)cc2)c1C(=O)O. The van der Waals surface area contributed by atoms with Crippen LogP contribution in [0, 0.1) is 0 Å². The fraction of sp³-hybridized carbons (Fsp3) is 0.0714. The molecule has 5 N–H and O–H groups in total. The normalized spacial score (nSPS) is 11.3. The highest BCUT2D eigenvalue weighted by Crippen LogP contribution is 2.38. The fourth-order valence-electron chi connectivity index (χ4n) is 2.16. The highest BCUT2D eigenvalue weighted by molar-refractivity contribution is 8.00. The number of nitrogen functional groups attached to an aromatic ring is 1. The highest BCUT2D eigenvalue weighted by atomic mass is 32.2. The molecule has 1 heterocycles. The predicted molar refractivity (Wildman–Crippen MR) is 82.7 cm³/mol. The van der Waals surface area contributed by atoms with Crippen molar-refractivity contribution in [3.63, 3.8) is 0 Å². The molecule has 0 unspecified atom stereocenters. The van der Waals surface area contributed by atoms with Crippen molar-refractivity contribution in [1.29, 1.82) is 0 Å². The number of nitrogens with two attached hydrogens (primary N) is 1. The molecule has 1 aromatic carbocycles. The number of halogens is 3. The highest BCUT2D eigenvalue weighted by Gasteiger charge is 2.30. The number of pyridine rings is 1. The van der Waals surface area contributed by atoms with E-state index in [9.17, 15) is 37.8 Å². The standard InChI is InChI=1S/C14H9F3N2O5S/c15-14(16,17)25-6-3-1-5(2-4-6)7-8(12(21)22)10(18)19-11(20)9(7)13(23)24/h1-4H,(H,21,22)(H,23,24)(H3,18,19,20). The molecule has 7 nitrogen and oxygen atoms in total. The minimum Gasteiger partial charge on any atom is -0.478 e. The van der Waals surface area contributed by atoms with Gasteiger partial charge in [-0.2, -0.15) is 13.2 Å². The van der Waals surface area contributed by atoms with Crippen molar-refractivity contribution in [2.75, 3.05) is 5.73 Å². The van der Waals surface area contributed by atoms with Crippen molar-refractivity contribution in [2.24, 2.45) is 0 Å². The third-order valence-corrected chi connectivity index (χ3v) is 3.79. The van der Waals surface area contributed by atoms with Crippen molar-refractivity contribution >= 4 is 29.5 Å². The van der Waals surface area contributed by atoms with E-state index in [4.69, 9.17) is 5.73 Å². The lowest BCUT2D eigenvalue weighted by Gasteiger charge is -2.12. The maximum Gasteiger partial charge on any atom is 0.446 e. The Labute approximate surface area is 141 Å². The molecule has 25 heavy (non-hydrogen) atoms. The molecule has 0 radical (unpaired) electrons. The number of H-pyrrole nitrogens is 1. The van der Waals surface area contributed by atoms with Crippen molar-refractivity contribution in [2.45, 2.75) is 10.4 Å². The summed E-state index contributed by atoms with van der Waals surface area (Å²) >= 11 is -0.393. The molecule has 11 heteroatoms. The molecule has 2 aromatic rings. The summed E-state index contributed by atoms with van der Waals surface area (Å²) in [6, 6.07) is 4.23. The molecule has 0 saturated heterocycles. The maximum absolute atomic E-state index is 12.4. The fourth-order valence-corrected chi connectivity index (χ4v) is 2.70. The summed E-state index contributed by atoms with van der Waals surface area (Å²) in [5.74, 6) is -3.86. The van der Waals surface area contributed by atoms with Crippen LogP contribution in [0.25, 0.3) is 11.1 Å². The summed E-state index contributed by atoms with van der Waals surface area (Å²) in [4.78, 5) is 36.3. The number of aromatic nitrogens is 1. The molecular weight excluding hydrogens is 365 g/mol. The molecule has 1 aromatic heterocycles. The lowest BCUT2D eigenvalue weighted by molar-refractivity contribution is -0.0328. The zero-order valence-electron chi connectivity index (χ0n) is 12.0. The predicted octanol–water partition coefficient (Wildman–Crippen LogP) is 2.63. The van der Waals surface area contributed by atoms with E-state index in [2.05, 4.69) is 0 Å². The summed E-state index contributed by atoms with van der Waals surface area (Å²) in [7, 11) is 0. The number of aromatic amines is 1. The number of alkyl halides is 3. The first-order chi connectivity index (χ1) is 11.5. The van der Waals surface area contributed by atoms with Gasteiger partial charge in [-0.15, -0.1) is 0 Å².